The molecule has 98 valence electrons. The molecule has 0 aliphatic carbocycles. The van der Waals surface area contributed by atoms with Gasteiger partial charge in [-0.05, 0) is 36.4 Å². The number of halogens is 1. The Kier molecular flexibility index (Phi) is 5.27. The van der Waals surface area contributed by atoms with E-state index >= 15 is 0 Å². The van der Waals surface area contributed by atoms with E-state index in [1.165, 1.54) is 4.90 Å². The van der Waals surface area contributed by atoms with Crippen LogP contribution in [-0.2, 0) is 4.79 Å². The lowest BCUT2D eigenvalue weighted by molar-refractivity contribution is -0.121. The van der Waals surface area contributed by atoms with E-state index in [1.54, 1.807) is 11.8 Å². The monoisotopic (exact) mass is 301 g/mol. The van der Waals surface area contributed by atoms with E-state index in [9.17, 15) is 4.79 Å². The zero-order valence-corrected chi connectivity index (χ0v) is 12.6. The standard InChI is InChI=1S/C13H16ClNOS2/c1-17-6-5-13(16)15-11-4-7-18-12-3-2-9(14)8-10(11)12/h2-3,8,11H,4-7H2,1H3,(H,15,16)/t11-/m0/s1. The molecule has 1 aromatic carbocycles. The van der Waals surface area contributed by atoms with Crippen molar-refractivity contribution in [3.8, 4) is 0 Å². The first-order chi connectivity index (χ1) is 8.70. The van der Waals surface area contributed by atoms with Crippen LogP contribution in [0.25, 0.3) is 0 Å². The van der Waals surface area contributed by atoms with Gasteiger partial charge in [-0.25, -0.2) is 0 Å². The summed E-state index contributed by atoms with van der Waals surface area (Å²) in [5, 5.41) is 3.85. The number of nitrogens with one attached hydrogen (secondary N) is 1. The van der Waals surface area contributed by atoms with Gasteiger partial charge >= 0.3 is 0 Å². The number of hydrogen-bond acceptors (Lipinski definition) is 3. The molecule has 2 rings (SSSR count). The van der Waals surface area contributed by atoms with Gasteiger partial charge in [-0.15, -0.1) is 11.8 Å². The van der Waals surface area contributed by atoms with Gasteiger partial charge in [-0.2, -0.15) is 11.8 Å². The Morgan fingerprint density at radius 3 is 3.22 bits per heavy atom. The number of carbonyl (C=O) groups excluding carboxylic acids is 1. The smallest absolute Gasteiger partial charge is 0.221 e. The highest BCUT2D eigenvalue weighted by Gasteiger charge is 2.22. The second kappa shape index (κ2) is 6.73. The van der Waals surface area contributed by atoms with E-state index in [1.807, 2.05) is 36.2 Å². The Bertz CT molecular complexity index is 439. The summed E-state index contributed by atoms with van der Waals surface area (Å²) in [7, 11) is 0. The van der Waals surface area contributed by atoms with Crippen LogP contribution in [0.1, 0.15) is 24.4 Å². The summed E-state index contributed by atoms with van der Waals surface area (Å²) in [6.07, 6.45) is 3.57. The van der Waals surface area contributed by atoms with Crippen molar-refractivity contribution in [1.82, 2.24) is 5.32 Å². The molecule has 0 saturated carbocycles. The van der Waals surface area contributed by atoms with Crippen molar-refractivity contribution in [2.24, 2.45) is 0 Å². The van der Waals surface area contributed by atoms with Crippen molar-refractivity contribution in [3.05, 3.63) is 28.8 Å². The molecule has 0 spiro atoms. The molecule has 1 aliphatic rings. The number of benzene rings is 1. The molecule has 0 radical (unpaired) electrons. The summed E-state index contributed by atoms with van der Waals surface area (Å²) in [4.78, 5) is 13.0. The normalized spacial score (nSPS) is 18.2. The molecule has 0 saturated heterocycles. The maximum atomic E-state index is 11.8. The van der Waals surface area contributed by atoms with Crippen molar-refractivity contribution in [2.75, 3.05) is 17.8 Å². The third-order valence-electron chi connectivity index (χ3n) is 2.88. The average Bonchev–Trinajstić information content (AvgIpc) is 2.37. The molecule has 18 heavy (non-hydrogen) atoms. The lowest BCUT2D eigenvalue weighted by Crippen LogP contribution is -2.30. The van der Waals surface area contributed by atoms with Gasteiger partial charge in [0.1, 0.15) is 0 Å². The number of thioether (sulfide) groups is 2. The molecule has 2 nitrogen and oxygen atoms in total. The first-order valence-electron chi connectivity index (χ1n) is 5.91. The molecule has 0 aromatic heterocycles. The summed E-state index contributed by atoms with van der Waals surface area (Å²) in [5.74, 6) is 2.05. The van der Waals surface area contributed by atoms with Gasteiger partial charge in [-0.1, -0.05) is 11.6 Å². The fraction of sp³-hybridized carbons (Fsp3) is 0.462. The van der Waals surface area contributed by atoms with Gasteiger partial charge in [0.05, 0.1) is 6.04 Å². The fourth-order valence-corrected chi connectivity index (χ4v) is 3.65. The van der Waals surface area contributed by atoms with Crippen molar-refractivity contribution in [3.63, 3.8) is 0 Å². The molecule has 0 bridgehead atoms. The molecule has 1 heterocycles. The van der Waals surface area contributed by atoms with Crippen molar-refractivity contribution >= 4 is 41.0 Å². The minimum Gasteiger partial charge on any atom is -0.349 e. The van der Waals surface area contributed by atoms with Crippen LogP contribution >= 0.6 is 35.1 Å². The third-order valence-corrected chi connectivity index (χ3v) is 4.85. The van der Waals surface area contributed by atoms with E-state index in [0.717, 1.165) is 28.5 Å². The number of carbonyl (C=O) groups is 1. The third kappa shape index (κ3) is 3.59. The highest BCUT2D eigenvalue weighted by atomic mass is 35.5. The molecule has 0 fully saturated rings. The van der Waals surface area contributed by atoms with Crippen LogP contribution in [0, 0.1) is 0 Å². The first-order valence-corrected chi connectivity index (χ1v) is 8.67. The average molecular weight is 302 g/mol. The number of rotatable bonds is 4. The van der Waals surface area contributed by atoms with Gasteiger partial charge in [0.2, 0.25) is 5.91 Å². The Balaban J connectivity index is 2.07. The largest absolute Gasteiger partial charge is 0.349 e. The lowest BCUT2D eigenvalue weighted by atomic mass is 10.0. The van der Waals surface area contributed by atoms with E-state index in [-0.39, 0.29) is 11.9 Å². The number of fused-ring (bicyclic) bond motifs is 1. The highest BCUT2D eigenvalue weighted by molar-refractivity contribution is 7.99. The van der Waals surface area contributed by atoms with Gasteiger partial charge < -0.3 is 5.32 Å². The number of hydrogen-bond donors (Lipinski definition) is 1. The molecular weight excluding hydrogens is 286 g/mol. The molecule has 1 N–H and O–H groups in total. The first kappa shape index (κ1) is 14.1. The summed E-state index contributed by atoms with van der Waals surface area (Å²) >= 11 is 9.56. The van der Waals surface area contributed by atoms with Crippen LogP contribution < -0.4 is 5.32 Å². The predicted octanol–water partition coefficient (Wildman–Crippen LogP) is 3.75. The molecule has 1 atom stereocenters. The van der Waals surface area contributed by atoms with E-state index in [0.29, 0.717) is 6.42 Å². The van der Waals surface area contributed by atoms with E-state index < -0.39 is 0 Å². The number of amides is 1. The molecule has 1 aromatic rings. The summed E-state index contributed by atoms with van der Waals surface area (Å²) in [6.45, 7) is 0. The van der Waals surface area contributed by atoms with Crippen LogP contribution in [0.15, 0.2) is 23.1 Å². The van der Waals surface area contributed by atoms with Crippen molar-refractivity contribution in [2.45, 2.75) is 23.8 Å². The van der Waals surface area contributed by atoms with Gasteiger partial charge in [0, 0.05) is 27.8 Å². The Labute approximate surface area is 121 Å². The van der Waals surface area contributed by atoms with Crippen molar-refractivity contribution < 1.29 is 4.79 Å². The van der Waals surface area contributed by atoms with E-state index in [4.69, 9.17) is 11.6 Å². The fourth-order valence-electron chi connectivity index (χ4n) is 1.98. The summed E-state index contributed by atoms with van der Waals surface area (Å²) < 4.78 is 0. The molecule has 5 heteroatoms. The predicted molar refractivity (Wildman–Crippen MR) is 80.7 cm³/mol. The van der Waals surface area contributed by atoms with Crippen LogP contribution in [0.4, 0.5) is 0 Å². The Hall–Kier alpha value is -0.320. The van der Waals surface area contributed by atoms with Crippen LogP contribution in [0.2, 0.25) is 5.02 Å². The van der Waals surface area contributed by atoms with E-state index in [2.05, 4.69) is 5.32 Å². The Morgan fingerprint density at radius 2 is 2.44 bits per heavy atom. The van der Waals surface area contributed by atoms with Gasteiger partial charge in [-0.3, -0.25) is 4.79 Å². The maximum absolute atomic E-state index is 11.8. The zero-order valence-electron chi connectivity index (χ0n) is 10.2. The maximum Gasteiger partial charge on any atom is 0.221 e. The molecule has 1 amide bonds. The Morgan fingerprint density at radius 1 is 1.61 bits per heavy atom. The topological polar surface area (TPSA) is 29.1 Å². The van der Waals surface area contributed by atoms with Gasteiger partial charge in [0.25, 0.3) is 0 Å². The lowest BCUT2D eigenvalue weighted by Gasteiger charge is -2.26. The minimum absolute atomic E-state index is 0.120. The SMILES string of the molecule is CSCCC(=O)N[C@H]1CCSc2ccc(Cl)cc21. The van der Waals surface area contributed by atoms with Crippen LogP contribution in [-0.4, -0.2) is 23.7 Å². The summed E-state index contributed by atoms with van der Waals surface area (Å²) in [5.41, 5.74) is 1.16. The highest BCUT2D eigenvalue weighted by Crippen LogP contribution is 2.37. The molecule has 1 aliphatic heterocycles. The van der Waals surface area contributed by atoms with Crippen LogP contribution in [0.5, 0.6) is 0 Å². The summed E-state index contributed by atoms with van der Waals surface area (Å²) in [6, 6.07) is 6.05. The van der Waals surface area contributed by atoms with Gasteiger partial charge in [0.15, 0.2) is 0 Å². The zero-order chi connectivity index (χ0) is 13.0. The van der Waals surface area contributed by atoms with Crippen LogP contribution in [0.3, 0.4) is 0 Å². The second-order valence-electron chi connectivity index (χ2n) is 4.18. The molecular formula is C13H16ClNOS2. The van der Waals surface area contributed by atoms with Crippen molar-refractivity contribution in [1.29, 1.82) is 0 Å². The second-order valence-corrected chi connectivity index (χ2v) is 6.74. The quantitative estimate of drug-likeness (QED) is 0.918. The minimum atomic E-state index is 0.120. The molecule has 0 unspecified atom stereocenters.